The van der Waals surface area contributed by atoms with Crippen LogP contribution in [0.15, 0.2) is 42.9 Å². The molecule has 0 aliphatic heterocycles. The molecule has 0 spiro atoms. The monoisotopic (exact) mass is 211 g/mol. The van der Waals surface area contributed by atoms with Gasteiger partial charge in [0.15, 0.2) is 5.82 Å². The van der Waals surface area contributed by atoms with Crippen LogP contribution in [0.4, 0.5) is 0 Å². The molecule has 0 unspecified atom stereocenters. The summed E-state index contributed by atoms with van der Waals surface area (Å²) < 4.78 is 0. The Balaban J connectivity index is 2.34. The van der Waals surface area contributed by atoms with Gasteiger partial charge in [-0.2, -0.15) is 0 Å². The molecule has 0 aliphatic carbocycles. The maximum absolute atomic E-state index is 5.27. The quantitative estimate of drug-likeness (QED) is 0.829. The zero-order chi connectivity index (χ0) is 11.4. The molecule has 1 aromatic heterocycles. The van der Waals surface area contributed by atoms with E-state index in [0.717, 1.165) is 11.1 Å². The van der Waals surface area contributed by atoms with Crippen molar-refractivity contribution in [3.63, 3.8) is 0 Å². The highest BCUT2D eigenvalue weighted by atomic mass is 14.8. The molecule has 0 atom stereocenters. The molecule has 0 aliphatic rings. The molecule has 0 radical (unpaired) electrons. The smallest absolute Gasteiger partial charge is 0.153 e. The summed E-state index contributed by atoms with van der Waals surface area (Å²) in [5.41, 5.74) is 8.63. The Kier molecular flexibility index (Phi) is 2.96. The lowest BCUT2D eigenvalue weighted by molar-refractivity contribution is 1.13. The Morgan fingerprint density at radius 1 is 1.12 bits per heavy atom. The Morgan fingerprint density at radius 3 is 2.50 bits per heavy atom. The fourth-order valence-corrected chi connectivity index (χ4v) is 1.48. The highest BCUT2D eigenvalue weighted by Crippen LogP contribution is 2.18. The van der Waals surface area contributed by atoms with Gasteiger partial charge in [0, 0.05) is 18.0 Å². The number of nitrogens with zero attached hydrogens (tertiary/aromatic N) is 2. The van der Waals surface area contributed by atoms with E-state index in [2.05, 4.69) is 29.0 Å². The van der Waals surface area contributed by atoms with E-state index in [0.29, 0.717) is 5.82 Å². The average molecular weight is 211 g/mol. The summed E-state index contributed by atoms with van der Waals surface area (Å²) in [6, 6.07) is 8.25. The molecule has 0 amide bonds. The Labute approximate surface area is 94.7 Å². The second-order valence-corrected chi connectivity index (χ2v) is 3.56. The first-order valence-corrected chi connectivity index (χ1v) is 5.07. The fraction of sp³-hybridized carbons (Fsp3) is 0.0769. The van der Waals surface area contributed by atoms with Crippen molar-refractivity contribution in [1.29, 1.82) is 0 Å². The summed E-state index contributed by atoms with van der Waals surface area (Å²) in [7, 11) is 0. The first-order chi connectivity index (χ1) is 7.79. The van der Waals surface area contributed by atoms with Crippen molar-refractivity contribution in [3.05, 3.63) is 54.2 Å². The highest BCUT2D eigenvalue weighted by Gasteiger charge is 1.98. The maximum atomic E-state index is 5.27. The highest BCUT2D eigenvalue weighted by molar-refractivity contribution is 5.62. The van der Waals surface area contributed by atoms with Crippen molar-refractivity contribution < 1.29 is 0 Å². The van der Waals surface area contributed by atoms with Crippen molar-refractivity contribution in [3.8, 4) is 11.1 Å². The van der Waals surface area contributed by atoms with E-state index >= 15 is 0 Å². The fourth-order valence-electron chi connectivity index (χ4n) is 1.48. The topological polar surface area (TPSA) is 51.8 Å². The third kappa shape index (κ3) is 2.25. The number of aryl methyl sites for hydroxylation is 1. The minimum atomic E-state index is 0.624. The molecule has 0 saturated heterocycles. The van der Waals surface area contributed by atoms with Crippen LogP contribution in [0.1, 0.15) is 11.4 Å². The van der Waals surface area contributed by atoms with Gasteiger partial charge in [-0.25, -0.2) is 9.97 Å². The first-order valence-electron chi connectivity index (χ1n) is 5.07. The second-order valence-electron chi connectivity index (χ2n) is 3.56. The van der Waals surface area contributed by atoms with Gasteiger partial charge < -0.3 is 5.73 Å². The second kappa shape index (κ2) is 4.57. The molecule has 1 heterocycles. The van der Waals surface area contributed by atoms with Crippen LogP contribution in [0.2, 0.25) is 0 Å². The molecular formula is C13H13N3. The van der Waals surface area contributed by atoms with E-state index in [1.165, 1.54) is 11.8 Å². The lowest BCUT2D eigenvalue weighted by Gasteiger charge is -2.02. The summed E-state index contributed by atoms with van der Waals surface area (Å²) >= 11 is 0. The molecule has 3 nitrogen and oxygen atoms in total. The molecule has 1 aromatic carbocycles. The number of rotatable bonds is 2. The van der Waals surface area contributed by atoms with Crippen molar-refractivity contribution in [2.75, 3.05) is 0 Å². The van der Waals surface area contributed by atoms with E-state index in [1.807, 2.05) is 12.1 Å². The molecule has 80 valence electrons. The van der Waals surface area contributed by atoms with Crippen molar-refractivity contribution in [2.24, 2.45) is 5.73 Å². The Morgan fingerprint density at radius 2 is 1.88 bits per heavy atom. The molecule has 0 saturated carbocycles. The molecule has 0 bridgehead atoms. The number of aromatic nitrogens is 2. The van der Waals surface area contributed by atoms with Crippen LogP contribution in [0.5, 0.6) is 0 Å². The Hall–Kier alpha value is -2.16. The number of nitrogens with two attached hydrogens (primary N) is 1. The lowest BCUT2D eigenvalue weighted by atomic mass is 10.1. The standard InChI is InChI=1S/C13H13N3/c1-10-3-2-4-11(7-10)12-8-15-13(5-6-14)16-9-12/h2-9H,14H2,1H3. The largest absolute Gasteiger partial charge is 0.404 e. The van der Waals surface area contributed by atoms with Crippen LogP contribution in [-0.2, 0) is 0 Å². The van der Waals surface area contributed by atoms with Gasteiger partial charge in [-0.15, -0.1) is 0 Å². The van der Waals surface area contributed by atoms with E-state index in [9.17, 15) is 0 Å². The summed E-state index contributed by atoms with van der Waals surface area (Å²) in [4.78, 5) is 8.39. The zero-order valence-electron chi connectivity index (χ0n) is 9.09. The normalized spacial score (nSPS) is 10.8. The van der Waals surface area contributed by atoms with Gasteiger partial charge >= 0.3 is 0 Å². The van der Waals surface area contributed by atoms with E-state index in [4.69, 9.17) is 5.73 Å². The Bertz CT molecular complexity index is 501. The number of hydrogen-bond acceptors (Lipinski definition) is 3. The van der Waals surface area contributed by atoms with E-state index in [1.54, 1.807) is 18.5 Å². The SMILES string of the molecule is Cc1cccc(-c2cnc(C=CN)nc2)c1. The van der Waals surface area contributed by atoms with Crippen molar-refractivity contribution >= 4 is 6.08 Å². The first kappa shape index (κ1) is 10.4. The van der Waals surface area contributed by atoms with Crippen LogP contribution < -0.4 is 5.73 Å². The molecule has 3 heteroatoms. The molecule has 0 fully saturated rings. The predicted octanol–water partition coefficient (Wildman–Crippen LogP) is 2.38. The molecule has 2 rings (SSSR count). The van der Waals surface area contributed by atoms with E-state index in [-0.39, 0.29) is 0 Å². The summed E-state index contributed by atoms with van der Waals surface area (Å²) in [5, 5.41) is 0. The number of benzene rings is 1. The lowest BCUT2D eigenvalue weighted by Crippen LogP contribution is -1.89. The average Bonchev–Trinajstić information content (AvgIpc) is 2.30. The molecule has 2 aromatic rings. The van der Waals surface area contributed by atoms with Crippen LogP contribution in [0.3, 0.4) is 0 Å². The van der Waals surface area contributed by atoms with Crippen LogP contribution in [-0.4, -0.2) is 9.97 Å². The van der Waals surface area contributed by atoms with Crippen molar-refractivity contribution in [1.82, 2.24) is 9.97 Å². The summed E-state index contributed by atoms with van der Waals surface area (Å²) in [6.45, 7) is 2.07. The van der Waals surface area contributed by atoms with Gasteiger partial charge in [0.25, 0.3) is 0 Å². The predicted molar refractivity (Wildman–Crippen MR) is 65.4 cm³/mol. The molecular weight excluding hydrogens is 198 g/mol. The minimum Gasteiger partial charge on any atom is -0.404 e. The number of hydrogen-bond donors (Lipinski definition) is 1. The van der Waals surface area contributed by atoms with Crippen LogP contribution in [0, 0.1) is 6.92 Å². The third-order valence-corrected chi connectivity index (χ3v) is 2.27. The van der Waals surface area contributed by atoms with Gasteiger partial charge in [0.2, 0.25) is 0 Å². The van der Waals surface area contributed by atoms with Crippen LogP contribution >= 0.6 is 0 Å². The van der Waals surface area contributed by atoms with Crippen molar-refractivity contribution in [2.45, 2.75) is 6.92 Å². The van der Waals surface area contributed by atoms with Gasteiger partial charge in [0.1, 0.15) is 0 Å². The molecule has 16 heavy (non-hydrogen) atoms. The van der Waals surface area contributed by atoms with Gasteiger partial charge in [-0.1, -0.05) is 29.8 Å². The molecule has 2 N–H and O–H groups in total. The van der Waals surface area contributed by atoms with E-state index < -0.39 is 0 Å². The third-order valence-electron chi connectivity index (χ3n) is 2.27. The summed E-state index contributed by atoms with van der Waals surface area (Å²) in [6.07, 6.45) is 6.70. The van der Waals surface area contributed by atoms with Gasteiger partial charge in [-0.3, -0.25) is 0 Å². The maximum Gasteiger partial charge on any atom is 0.153 e. The van der Waals surface area contributed by atoms with Gasteiger partial charge in [0.05, 0.1) is 0 Å². The van der Waals surface area contributed by atoms with Crippen LogP contribution in [0.25, 0.3) is 17.2 Å². The minimum absolute atomic E-state index is 0.624. The zero-order valence-corrected chi connectivity index (χ0v) is 9.09. The van der Waals surface area contributed by atoms with Gasteiger partial charge in [-0.05, 0) is 24.8 Å². The summed E-state index contributed by atoms with van der Waals surface area (Å²) in [5.74, 6) is 0.624.